The molecular weight excluding hydrogens is 223 g/mol. The Labute approximate surface area is 101 Å². The standard InChI is InChI=1S/C12H25O3P/c1-3-5-10-14-16(13)15-12-9-7-6-8-11(12)4-2/h11-13H,3-10H2,1-2H3. The summed E-state index contributed by atoms with van der Waals surface area (Å²) in [5, 5.41) is 0. The molecule has 96 valence electrons. The molecule has 0 spiro atoms. The fourth-order valence-corrected chi connectivity index (χ4v) is 3.07. The molecule has 0 aromatic rings. The largest absolute Gasteiger partial charge is 0.330 e. The molecule has 3 unspecified atom stereocenters. The van der Waals surface area contributed by atoms with E-state index < -0.39 is 8.60 Å². The van der Waals surface area contributed by atoms with E-state index >= 15 is 0 Å². The zero-order valence-corrected chi connectivity index (χ0v) is 11.4. The Bertz CT molecular complexity index is 178. The summed E-state index contributed by atoms with van der Waals surface area (Å²) in [4.78, 5) is 9.66. The minimum atomic E-state index is -1.65. The summed E-state index contributed by atoms with van der Waals surface area (Å²) in [5.74, 6) is 0.612. The van der Waals surface area contributed by atoms with Gasteiger partial charge in [-0.05, 0) is 25.2 Å². The number of hydrogen-bond donors (Lipinski definition) is 1. The zero-order chi connectivity index (χ0) is 11.8. The van der Waals surface area contributed by atoms with E-state index in [0.29, 0.717) is 12.5 Å². The second-order valence-electron chi connectivity index (χ2n) is 4.52. The molecule has 1 saturated carbocycles. The predicted octanol–water partition coefficient (Wildman–Crippen LogP) is 4.01. The van der Waals surface area contributed by atoms with Crippen molar-refractivity contribution >= 4 is 8.60 Å². The molecule has 1 N–H and O–H groups in total. The minimum absolute atomic E-state index is 0.219. The van der Waals surface area contributed by atoms with Gasteiger partial charge in [-0.15, -0.1) is 0 Å². The second-order valence-corrected chi connectivity index (χ2v) is 5.47. The Hall–Kier alpha value is 0.310. The van der Waals surface area contributed by atoms with Gasteiger partial charge in [0.1, 0.15) is 0 Å². The van der Waals surface area contributed by atoms with Crippen LogP contribution in [0.5, 0.6) is 0 Å². The van der Waals surface area contributed by atoms with Gasteiger partial charge in [0.15, 0.2) is 0 Å². The van der Waals surface area contributed by atoms with Crippen LogP contribution in [0.3, 0.4) is 0 Å². The van der Waals surface area contributed by atoms with Gasteiger partial charge in [0.05, 0.1) is 12.7 Å². The molecule has 1 aliphatic carbocycles. The molecule has 16 heavy (non-hydrogen) atoms. The molecule has 1 aliphatic rings. The van der Waals surface area contributed by atoms with E-state index in [2.05, 4.69) is 13.8 Å². The number of hydrogen-bond acceptors (Lipinski definition) is 3. The highest BCUT2D eigenvalue weighted by Gasteiger charge is 2.27. The van der Waals surface area contributed by atoms with Gasteiger partial charge in [0.2, 0.25) is 0 Å². The van der Waals surface area contributed by atoms with Crippen LogP contribution in [0, 0.1) is 5.92 Å². The summed E-state index contributed by atoms with van der Waals surface area (Å²) in [6.07, 6.45) is 8.28. The maximum atomic E-state index is 9.66. The van der Waals surface area contributed by atoms with E-state index in [1.165, 1.54) is 19.3 Å². The van der Waals surface area contributed by atoms with Crippen molar-refractivity contribution in [3.63, 3.8) is 0 Å². The number of unbranched alkanes of at least 4 members (excludes halogenated alkanes) is 1. The summed E-state index contributed by atoms with van der Waals surface area (Å²) in [6, 6.07) is 0. The third-order valence-electron chi connectivity index (χ3n) is 3.29. The van der Waals surface area contributed by atoms with E-state index in [0.717, 1.165) is 25.7 Å². The maximum Gasteiger partial charge on any atom is 0.330 e. The highest BCUT2D eigenvalue weighted by atomic mass is 31.2. The Kier molecular flexibility index (Phi) is 7.55. The quantitative estimate of drug-likeness (QED) is 0.546. The van der Waals surface area contributed by atoms with Crippen LogP contribution in [-0.4, -0.2) is 17.6 Å². The van der Waals surface area contributed by atoms with Crippen molar-refractivity contribution in [3.05, 3.63) is 0 Å². The molecule has 0 aromatic heterocycles. The molecule has 0 aliphatic heterocycles. The Morgan fingerprint density at radius 3 is 2.69 bits per heavy atom. The molecule has 1 rings (SSSR count). The van der Waals surface area contributed by atoms with Gasteiger partial charge < -0.3 is 13.9 Å². The monoisotopic (exact) mass is 248 g/mol. The lowest BCUT2D eigenvalue weighted by atomic mass is 9.85. The molecule has 0 bridgehead atoms. The van der Waals surface area contributed by atoms with Crippen LogP contribution < -0.4 is 0 Å². The third kappa shape index (κ3) is 5.09. The second kappa shape index (κ2) is 8.41. The SMILES string of the molecule is CCCCOP(O)OC1CCCCC1CC. The van der Waals surface area contributed by atoms with E-state index in [9.17, 15) is 4.89 Å². The normalized spacial score (nSPS) is 27.9. The van der Waals surface area contributed by atoms with Crippen molar-refractivity contribution in [2.24, 2.45) is 5.92 Å². The van der Waals surface area contributed by atoms with Gasteiger partial charge in [-0.25, -0.2) is 0 Å². The molecule has 1 fully saturated rings. The van der Waals surface area contributed by atoms with Gasteiger partial charge in [-0.2, -0.15) is 0 Å². The Morgan fingerprint density at radius 2 is 2.00 bits per heavy atom. The number of rotatable bonds is 7. The first-order valence-electron chi connectivity index (χ1n) is 6.56. The van der Waals surface area contributed by atoms with Gasteiger partial charge in [-0.3, -0.25) is 0 Å². The van der Waals surface area contributed by atoms with Gasteiger partial charge in [-0.1, -0.05) is 39.5 Å². The molecule has 0 aromatic carbocycles. The third-order valence-corrected chi connectivity index (χ3v) is 4.14. The lowest BCUT2D eigenvalue weighted by Gasteiger charge is -2.31. The van der Waals surface area contributed by atoms with Crippen molar-refractivity contribution in [1.82, 2.24) is 0 Å². The lowest BCUT2D eigenvalue weighted by molar-refractivity contribution is 0.0662. The molecule has 3 atom stereocenters. The van der Waals surface area contributed by atoms with Crippen LogP contribution >= 0.6 is 8.60 Å². The first-order valence-corrected chi connectivity index (χ1v) is 7.69. The van der Waals surface area contributed by atoms with E-state index in [4.69, 9.17) is 9.05 Å². The lowest BCUT2D eigenvalue weighted by Crippen LogP contribution is -2.25. The highest BCUT2D eigenvalue weighted by molar-refractivity contribution is 7.40. The summed E-state index contributed by atoms with van der Waals surface area (Å²) >= 11 is 0. The molecule has 0 radical (unpaired) electrons. The van der Waals surface area contributed by atoms with Crippen molar-refractivity contribution in [3.8, 4) is 0 Å². The average molecular weight is 248 g/mol. The Morgan fingerprint density at radius 1 is 1.25 bits per heavy atom. The zero-order valence-electron chi connectivity index (χ0n) is 10.5. The first kappa shape index (κ1) is 14.4. The van der Waals surface area contributed by atoms with Crippen LogP contribution in [0.1, 0.15) is 58.8 Å². The maximum absolute atomic E-state index is 9.66. The Balaban J connectivity index is 2.22. The molecular formula is C12H25O3P. The molecule has 0 saturated heterocycles. The van der Waals surface area contributed by atoms with Crippen LogP contribution in [0.2, 0.25) is 0 Å². The van der Waals surface area contributed by atoms with Crippen molar-refractivity contribution < 1.29 is 13.9 Å². The van der Waals surface area contributed by atoms with Crippen LogP contribution in [0.25, 0.3) is 0 Å². The van der Waals surface area contributed by atoms with Crippen molar-refractivity contribution in [2.75, 3.05) is 6.61 Å². The van der Waals surface area contributed by atoms with Gasteiger partial charge >= 0.3 is 8.60 Å². The molecule has 3 nitrogen and oxygen atoms in total. The van der Waals surface area contributed by atoms with Crippen molar-refractivity contribution in [2.45, 2.75) is 64.9 Å². The molecule has 4 heteroatoms. The topological polar surface area (TPSA) is 38.7 Å². The minimum Gasteiger partial charge on any atom is -0.328 e. The summed E-state index contributed by atoms with van der Waals surface area (Å²) in [7, 11) is -1.65. The predicted molar refractivity (Wildman–Crippen MR) is 67.1 cm³/mol. The smallest absolute Gasteiger partial charge is 0.328 e. The van der Waals surface area contributed by atoms with Crippen molar-refractivity contribution in [1.29, 1.82) is 0 Å². The van der Waals surface area contributed by atoms with E-state index in [1.807, 2.05) is 0 Å². The van der Waals surface area contributed by atoms with Gasteiger partial charge in [0.25, 0.3) is 0 Å². The van der Waals surface area contributed by atoms with Crippen LogP contribution in [-0.2, 0) is 9.05 Å². The summed E-state index contributed by atoms with van der Waals surface area (Å²) in [5.41, 5.74) is 0. The first-order chi connectivity index (χ1) is 7.77. The van der Waals surface area contributed by atoms with E-state index in [1.54, 1.807) is 0 Å². The molecule has 0 amide bonds. The van der Waals surface area contributed by atoms with Crippen LogP contribution in [0.15, 0.2) is 0 Å². The molecule has 0 heterocycles. The van der Waals surface area contributed by atoms with E-state index in [-0.39, 0.29) is 6.10 Å². The van der Waals surface area contributed by atoms with Gasteiger partial charge in [0, 0.05) is 0 Å². The summed E-state index contributed by atoms with van der Waals surface area (Å²) in [6.45, 7) is 4.92. The summed E-state index contributed by atoms with van der Waals surface area (Å²) < 4.78 is 10.9. The fourth-order valence-electron chi connectivity index (χ4n) is 2.21. The highest BCUT2D eigenvalue weighted by Crippen LogP contribution is 2.41. The van der Waals surface area contributed by atoms with Crippen LogP contribution in [0.4, 0.5) is 0 Å². The average Bonchev–Trinajstić information content (AvgIpc) is 2.30. The fraction of sp³-hybridized carbons (Fsp3) is 1.00.